The predicted octanol–water partition coefficient (Wildman–Crippen LogP) is 3.20. The Kier molecular flexibility index (Phi) is 8.75. The fourth-order valence-electron chi connectivity index (χ4n) is 4.34. The van der Waals surface area contributed by atoms with Gasteiger partial charge in [-0.1, -0.05) is 0 Å². The van der Waals surface area contributed by atoms with E-state index in [9.17, 15) is 9.18 Å². The first-order chi connectivity index (χ1) is 15.0. The maximum atomic E-state index is 13.6. The molecule has 1 amide bonds. The number of rotatable bonds is 5. The summed E-state index contributed by atoms with van der Waals surface area (Å²) < 4.78 is 19.5. The summed E-state index contributed by atoms with van der Waals surface area (Å²) in [6.45, 7) is 10.8. The summed E-state index contributed by atoms with van der Waals surface area (Å²) in [5.74, 6) is 1.59. The molecule has 2 saturated heterocycles. The molecule has 0 bridgehead atoms. The maximum Gasteiger partial charge on any atom is 0.236 e. The number of likely N-dealkylation sites (tertiary alicyclic amines) is 1. The third kappa shape index (κ3) is 5.72. The first kappa shape index (κ1) is 24.8. The minimum Gasteiger partial charge on any atom is -0.459 e. The van der Waals surface area contributed by atoms with Crippen molar-refractivity contribution in [3.63, 3.8) is 0 Å². The van der Waals surface area contributed by atoms with Crippen LogP contribution in [0.3, 0.4) is 0 Å². The molecule has 1 N–H and O–H groups in total. The molecule has 0 aliphatic carbocycles. The van der Waals surface area contributed by atoms with E-state index < -0.39 is 0 Å². The number of aliphatic imine (C=N–C) groups is 1. The van der Waals surface area contributed by atoms with Crippen LogP contribution in [0.2, 0.25) is 0 Å². The van der Waals surface area contributed by atoms with Crippen LogP contribution in [0.1, 0.15) is 31.1 Å². The van der Waals surface area contributed by atoms with Crippen LogP contribution in [0.25, 0.3) is 11.0 Å². The average molecular weight is 557 g/mol. The van der Waals surface area contributed by atoms with Crippen LogP contribution in [-0.4, -0.2) is 78.9 Å². The second-order valence-electron chi connectivity index (χ2n) is 8.31. The molecular formula is C23H33FIN5O2. The molecule has 3 heterocycles. The van der Waals surface area contributed by atoms with E-state index in [1.165, 1.54) is 12.1 Å². The molecule has 2 aromatic rings. The van der Waals surface area contributed by atoms with Crippen molar-refractivity contribution in [1.29, 1.82) is 0 Å². The number of halogens is 2. The number of guanidine groups is 1. The van der Waals surface area contributed by atoms with Crippen LogP contribution in [0.4, 0.5) is 4.39 Å². The topological polar surface area (TPSA) is 64.3 Å². The molecule has 0 radical (unpaired) electrons. The number of benzene rings is 1. The van der Waals surface area contributed by atoms with Gasteiger partial charge >= 0.3 is 0 Å². The summed E-state index contributed by atoms with van der Waals surface area (Å²) in [6.07, 6.45) is 2.25. The number of amides is 1. The molecule has 0 unspecified atom stereocenters. The first-order valence-corrected chi connectivity index (χ1v) is 11.3. The van der Waals surface area contributed by atoms with Crippen LogP contribution >= 0.6 is 24.0 Å². The summed E-state index contributed by atoms with van der Waals surface area (Å²) in [5.41, 5.74) is 1.62. The third-order valence-electron chi connectivity index (χ3n) is 6.19. The van der Waals surface area contributed by atoms with Crippen LogP contribution in [0.5, 0.6) is 0 Å². The molecule has 2 aliphatic heterocycles. The second-order valence-corrected chi connectivity index (χ2v) is 8.31. The molecule has 0 atom stereocenters. The first-order valence-electron chi connectivity index (χ1n) is 11.3. The highest BCUT2D eigenvalue weighted by Crippen LogP contribution is 2.26. The molecular weight excluding hydrogens is 524 g/mol. The summed E-state index contributed by atoms with van der Waals surface area (Å²) in [6, 6.07) is 4.59. The predicted molar refractivity (Wildman–Crippen MR) is 135 cm³/mol. The van der Waals surface area contributed by atoms with Gasteiger partial charge in [0, 0.05) is 56.8 Å². The zero-order chi connectivity index (χ0) is 21.8. The van der Waals surface area contributed by atoms with Crippen molar-refractivity contribution in [2.75, 3.05) is 52.4 Å². The molecule has 0 spiro atoms. The van der Waals surface area contributed by atoms with Crippen molar-refractivity contribution in [2.24, 2.45) is 4.99 Å². The highest BCUT2D eigenvalue weighted by Gasteiger charge is 2.24. The van der Waals surface area contributed by atoms with Gasteiger partial charge in [-0.05, 0) is 44.9 Å². The lowest BCUT2D eigenvalue weighted by Gasteiger charge is -2.36. The molecule has 0 saturated carbocycles. The standard InChI is InChI=1S/C23H32FN5O2.HI/c1-3-25-23(26-15-21-17(2)19-14-18(24)6-7-20(19)31-21)29-12-10-27(11-13-29)16-22(30)28-8-4-5-9-28;/h6-7,14H,3-5,8-13,15-16H2,1-2H3,(H,25,26);1H. The van der Waals surface area contributed by atoms with Crippen molar-refractivity contribution in [1.82, 2.24) is 20.0 Å². The van der Waals surface area contributed by atoms with E-state index in [0.717, 1.165) is 81.3 Å². The van der Waals surface area contributed by atoms with E-state index in [2.05, 4.69) is 22.0 Å². The van der Waals surface area contributed by atoms with Crippen molar-refractivity contribution < 1.29 is 13.6 Å². The van der Waals surface area contributed by atoms with Crippen molar-refractivity contribution in [3.05, 3.63) is 35.3 Å². The Hall–Kier alpha value is -1.88. The van der Waals surface area contributed by atoms with Gasteiger partial charge in [0.15, 0.2) is 5.96 Å². The summed E-state index contributed by atoms with van der Waals surface area (Å²) >= 11 is 0. The van der Waals surface area contributed by atoms with Crippen LogP contribution in [-0.2, 0) is 11.3 Å². The lowest BCUT2D eigenvalue weighted by Crippen LogP contribution is -2.54. The fraction of sp³-hybridized carbons (Fsp3) is 0.565. The van der Waals surface area contributed by atoms with Gasteiger partial charge in [0.25, 0.3) is 0 Å². The Balaban J connectivity index is 0.00000289. The highest BCUT2D eigenvalue weighted by molar-refractivity contribution is 14.0. The number of nitrogens with zero attached hydrogens (tertiary/aromatic N) is 4. The molecule has 7 nitrogen and oxygen atoms in total. The highest BCUT2D eigenvalue weighted by atomic mass is 127. The third-order valence-corrected chi connectivity index (χ3v) is 6.19. The van der Waals surface area contributed by atoms with E-state index in [4.69, 9.17) is 9.41 Å². The quantitative estimate of drug-likeness (QED) is 0.348. The van der Waals surface area contributed by atoms with Gasteiger partial charge < -0.3 is 19.5 Å². The molecule has 9 heteroatoms. The molecule has 32 heavy (non-hydrogen) atoms. The zero-order valence-corrected chi connectivity index (χ0v) is 21.2. The number of fused-ring (bicyclic) bond motifs is 1. The normalized spacial score (nSPS) is 17.7. The minimum atomic E-state index is -0.263. The number of hydrogen-bond acceptors (Lipinski definition) is 4. The van der Waals surface area contributed by atoms with Gasteiger partial charge in [0.05, 0.1) is 6.54 Å². The number of hydrogen-bond donors (Lipinski definition) is 1. The summed E-state index contributed by atoms with van der Waals surface area (Å²) in [4.78, 5) is 23.7. The van der Waals surface area contributed by atoms with Crippen LogP contribution in [0.15, 0.2) is 27.6 Å². The fourth-order valence-corrected chi connectivity index (χ4v) is 4.34. The van der Waals surface area contributed by atoms with E-state index in [-0.39, 0.29) is 35.7 Å². The SMILES string of the molecule is CCNC(=NCc1oc2ccc(F)cc2c1C)N1CCN(CC(=O)N2CCCC2)CC1.I. The van der Waals surface area contributed by atoms with E-state index >= 15 is 0 Å². The number of nitrogens with one attached hydrogen (secondary N) is 1. The van der Waals surface area contributed by atoms with E-state index in [1.807, 2.05) is 11.8 Å². The monoisotopic (exact) mass is 557 g/mol. The van der Waals surface area contributed by atoms with Crippen LogP contribution < -0.4 is 5.32 Å². The van der Waals surface area contributed by atoms with Crippen molar-refractivity contribution in [2.45, 2.75) is 33.2 Å². The smallest absolute Gasteiger partial charge is 0.236 e. The molecule has 2 aliphatic rings. The zero-order valence-electron chi connectivity index (χ0n) is 18.9. The lowest BCUT2D eigenvalue weighted by molar-refractivity contribution is -0.131. The van der Waals surface area contributed by atoms with Crippen molar-refractivity contribution in [3.8, 4) is 0 Å². The Labute approximate surface area is 206 Å². The number of carbonyl (C=O) groups is 1. The van der Waals surface area contributed by atoms with E-state index in [1.54, 1.807) is 6.07 Å². The Bertz CT molecular complexity index is 949. The summed E-state index contributed by atoms with van der Waals surface area (Å²) in [7, 11) is 0. The largest absolute Gasteiger partial charge is 0.459 e. The van der Waals surface area contributed by atoms with Crippen molar-refractivity contribution >= 4 is 46.8 Å². The number of furan rings is 1. The molecule has 4 rings (SSSR count). The van der Waals surface area contributed by atoms with E-state index in [0.29, 0.717) is 18.7 Å². The minimum absolute atomic E-state index is 0. The van der Waals surface area contributed by atoms with Gasteiger partial charge in [0.1, 0.15) is 23.7 Å². The Morgan fingerprint density at radius 1 is 1.12 bits per heavy atom. The Morgan fingerprint density at radius 3 is 2.53 bits per heavy atom. The van der Waals surface area contributed by atoms with Gasteiger partial charge in [0.2, 0.25) is 5.91 Å². The Morgan fingerprint density at radius 2 is 1.84 bits per heavy atom. The maximum absolute atomic E-state index is 13.6. The lowest BCUT2D eigenvalue weighted by atomic mass is 10.1. The molecule has 1 aromatic carbocycles. The second kappa shape index (κ2) is 11.3. The number of aryl methyl sites for hydroxylation is 1. The van der Waals surface area contributed by atoms with Crippen LogP contribution in [0, 0.1) is 12.7 Å². The van der Waals surface area contributed by atoms with Gasteiger partial charge in [-0.15, -0.1) is 24.0 Å². The molecule has 2 fully saturated rings. The van der Waals surface area contributed by atoms with Gasteiger partial charge in [-0.2, -0.15) is 0 Å². The number of piperazine rings is 1. The number of carbonyl (C=O) groups excluding carboxylic acids is 1. The molecule has 1 aromatic heterocycles. The van der Waals surface area contributed by atoms with Gasteiger partial charge in [-0.3, -0.25) is 9.69 Å². The summed E-state index contributed by atoms with van der Waals surface area (Å²) in [5, 5.41) is 4.16. The molecule has 176 valence electrons. The van der Waals surface area contributed by atoms with Gasteiger partial charge in [-0.25, -0.2) is 9.38 Å². The average Bonchev–Trinajstić information content (AvgIpc) is 3.41.